The summed E-state index contributed by atoms with van der Waals surface area (Å²) in [6.45, 7) is 1.93. The Kier molecular flexibility index (Phi) is 3.21. The second kappa shape index (κ2) is 5.01. The maximum absolute atomic E-state index is 11.8. The highest BCUT2D eigenvalue weighted by Crippen LogP contribution is 2.24. The lowest BCUT2D eigenvalue weighted by atomic mass is 10.0. The molecule has 100 valence electrons. The monoisotopic (exact) mass is 258 g/mol. The van der Waals surface area contributed by atoms with Gasteiger partial charge >= 0.3 is 0 Å². The van der Waals surface area contributed by atoms with Crippen LogP contribution < -0.4 is 15.8 Å². The maximum Gasteiger partial charge on any atom is 0.272 e. The van der Waals surface area contributed by atoms with Crippen molar-refractivity contribution in [3.63, 3.8) is 0 Å². The first-order chi connectivity index (χ1) is 9.29. The fourth-order valence-corrected chi connectivity index (χ4v) is 2.72. The van der Waals surface area contributed by atoms with Crippen LogP contribution in [0.5, 0.6) is 0 Å². The quantitative estimate of drug-likeness (QED) is 0.847. The number of aromatic amines is 1. The molecule has 0 bridgehead atoms. The maximum atomic E-state index is 11.8. The molecule has 3 rings (SSSR count). The molecule has 2 heterocycles. The Morgan fingerprint density at radius 1 is 1.26 bits per heavy atom. The Bertz CT molecular complexity index is 629. The van der Waals surface area contributed by atoms with Crippen molar-refractivity contribution in [2.24, 2.45) is 0 Å². The fourth-order valence-electron chi connectivity index (χ4n) is 2.72. The first-order valence-electron chi connectivity index (χ1n) is 6.69. The lowest BCUT2D eigenvalue weighted by Gasteiger charge is -2.32. The highest BCUT2D eigenvalue weighted by Gasteiger charge is 2.20. The predicted octanol–water partition coefficient (Wildman–Crippen LogP) is 1.11. The number of anilines is 1. The Labute approximate surface area is 111 Å². The van der Waals surface area contributed by atoms with Crippen molar-refractivity contribution in [1.29, 1.82) is 0 Å². The van der Waals surface area contributed by atoms with Gasteiger partial charge in [0.25, 0.3) is 5.56 Å². The molecule has 1 aliphatic heterocycles. The summed E-state index contributed by atoms with van der Waals surface area (Å²) in [5.41, 5.74) is -0.121. The molecule has 5 heteroatoms. The predicted molar refractivity (Wildman–Crippen MR) is 76.7 cm³/mol. The van der Waals surface area contributed by atoms with Crippen molar-refractivity contribution in [3.05, 3.63) is 34.6 Å². The number of benzene rings is 1. The second-order valence-corrected chi connectivity index (χ2v) is 4.97. The van der Waals surface area contributed by atoms with Crippen molar-refractivity contribution in [2.75, 3.05) is 25.0 Å². The molecular formula is C14H18N4O. The third kappa shape index (κ3) is 2.21. The summed E-state index contributed by atoms with van der Waals surface area (Å²) in [6, 6.07) is 8.24. The molecule has 19 heavy (non-hydrogen) atoms. The summed E-state index contributed by atoms with van der Waals surface area (Å²) < 4.78 is 0. The SMILES string of the molecule is CNC1CCN(c2n[nH]c(=O)c3ccccc23)CC1. The van der Waals surface area contributed by atoms with Crippen LogP contribution >= 0.6 is 0 Å². The van der Waals surface area contributed by atoms with E-state index < -0.39 is 0 Å². The summed E-state index contributed by atoms with van der Waals surface area (Å²) in [5, 5.41) is 11.8. The number of nitrogens with zero attached hydrogens (tertiary/aromatic N) is 2. The van der Waals surface area contributed by atoms with Gasteiger partial charge in [0.2, 0.25) is 0 Å². The topological polar surface area (TPSA) is 61.0 Å². The first-order valence-corrected chi connectivity index (χ1v) is 6.69. The zero-order chi connectivity index (χ0) is 13.2. The minimum absolute atomic E-state index is 0.121. The van der Waals surface area contributed by atoms with Crippen LogP contribution in [0.3, 0.4) is 0 Å². The van der Waals surface area contributed by atoms with E-state index in [1.54, 1.807) is 0 Å². The molecule has 1 aromatic heterocycles. The van der Waals surface area contributed by atoms with E-state index in [1.165, 1.54) is 0 Å². The number of hydrogen-bond acceptors (Lipinski definition) is 4. The van der Waals surface area contributed by atoms with Crippen molar-refractivity contribution in [2.45, 2.75) is 18.9 Å². The Hall–Kier alpha value is -1.88. The van der Waals surface area contributed by atoms with E-state index in [1.807, 2.05) is 31.3 Å². The molecule has 1 aromatic carbocycles. The summed E-state index contributed by atoms with van der Waals surface area (Å²) in [7, 11) is 2.01. The molecule has 2 aromatic rings. The van der Waals surface area contributed by atoms with Gasteiger partial charge in [-0.3, -0.25) is 4.79 Å². The number of rotatable bonds is 2. The molecular weight excluding hydrogens is 240 g/mol. The van der Waals surface area contributed by atoms with Crippen molar-refractivity contribution < 1.29 is 0 Å². The van der Waals surface area contributed by atoms with Gasteiger partial charge in [-0.25, -0.2) is 5.10 Å². The zero-order valence-corrected chi connectivity index (χ0v) is 11.0. The van der Waals surface area contributed by atoms with Crippen molar-refractivity contribution in [1.82, 2.24) is 15.5 Å². The van der Waals surface area contributed by atoms with Crippen LogP contribution in [0.4, 0.5) is 5.82 Å². The van der Waals surface area contributed by atoms with Crippen molar-refractivity contribution in [3.8, 4) is 0 Å². The van der Waals surface area contributed by atoms with Crippen LogP contribution in [0.1, 0.15) is 12.8 Å². The molecule has 0 atom stereocenters. The third-order valence-corrected chi connectivity index (χ3v) is 3.88. The van der Waals surface area contributed by atoms with Crippen LogP contribution in [0.25, 0.3) is 10.8 Å². The standard InChI is InChI=1S/C14H18N4O/c1-15-10-6-8-18(9-7-10)13-11-4-2-3-5-12(11)14(19)17-16-13/h2-5,10,15H,6-9H2,1H3,(H,17,19). The van der Waals surface area contributed by atoms with E-state index in [4.69, 9.17) is 0 Å². The molecule has 1 aliphatic rings. The van der Waals surface area contributed by atoms with Gasteiger partial charge in [0, 0.05) is 24.5 Å². The van der Waals surface area contributed by atoms with Gasteiger partial charge in [-0.2, -0.15) is 5.10 Å². The minimum atomic E-state index is -0.121. The van der Waals surface area contributed by atoms with Crippen LogP contribution in [-0.4, -0.2) is 36.4 Å². The van der Waals surface area contributed by atoms with E-state index in [-0.39, 0.29) is 5.56 Å². The molecule has 1 saturated heterocycles. The molecule has 0 aliphatic carbocycles. The number of aromatic nitrogens is 2. The lowest BCUT2D eigenvalue weighted by molar-refractivity contribution is 0.440. The van der Waals surface area contributed by atoms with Gasteiger partial charge in [0.1, 0.15) is 0 Å². The van der Waals surface area contributed by atoms with E-state index in [2.05, 4.69) is 20.4 Å². The van der Waals surface area contributed by atoms with Crippen LogP contribution in [-0.2, 0) is 0 Å². The molecule has 5 nitrogen and oxygen atoms in total. The Morgan fingerprint density at radius 2 is 1.95 bits per heavy atom. The number of H-pyrrole nitrogens is 1. The second-order valence-electron chi connectivity index (χ2n) is 4.97. The normalized spacial score (nSPS) is 17.0. The third-order valence-electron chi connectivity index (χ3n) is 3.88. The fraction of sp³-hybridized carbons (Fsp3) is 0.429. The highest BCUT2D eigenvalue weighted by molar-refractivity contribution is 5.91. The molecule has 1 fully saturated rings. The van der Waals surface area contributed by atoms with E-state index >= 15 is 0 Å². The van der Waals surface area contributed by atoms with Gasteiger partial charge in [-0.1, -0.05) is 18.2 Å². The Morgan fingerprint density at radius 3 is 2.63 bits per heavy atom. The molecule has 0 amide bonds. The van der Waals surface area contributed by atoms with Gasteiger partial charge in [-0.15, -0.1) is 0 Å². The molecule has 0 spiro atoms. The molecule has 0 saturated carbocycles. The summed E-state index contributed by atoms with van der Waals surface area (Å²) in [6.07, 6.45) is 2.21. The first kappa shape index (κ1) is 12.2. The van der Waals surface area contributed by atoms with Gasteiger partial charge in [0.15, 0.2) is 5.82 Å². The molecule has 2 N–H and O–H groups in total. The average molecular weight is 258 g/mol. The number of nitrogens with one attached hydrogen (secondary N) is 2. The average Bonchev–Trinajstić information content (AvgIpc) is 2.48. The summed E-state index contributed by atoms with van der Waals surface area (Å²) in [4.78, 5) is 14.0. The zero-order valence-electron chi connectivity index (χ0n) is 11.0. The van der Waals surface area contributed by atoms with Crippen molar-refractivity contribution >= 4 is 16.6 Å². The van der Waals surface area contributed by atoms with E-state index in [0.29, 0.717) is 11.4 Å². The van der Waals surface area contributed by atoms with Crippen LogP contribution in [0.15, 0.2) is 29.1 Å². The lowest BCUT2D eigenvalue weighted by Crippen LogP contribution is -2.41. The number of piperidine rings is 1. The van der Waals surface area contributed by atoms with Crippen LogP contribution in [0.2, 0.25) is 0 Å². The van der Waals surface area contributed by atoms with Gasteiger partial charge < -0.3 is 10.2 Å². The number of fused-ring (bicyclic) bond motifs is 1. The molecule has 0 unspecified atom stereocenters. The van der Waals surface area contributed by atoms with E-state index in [0.717, 1.165) is 37.1 Å². The molecule has 0 radical (unpaired) electrons. The highest BCUT2D eigenvalue weighted by atomic mass is 16.1. The summed E-state index contributed by atoms with van der Waals surface area (Å²) >= 11 is 0. The van der Waals surface area contributed by atoms with Crippen LogP contribution in [0, 0.1) is 0 Å². The van der Waals surface area contributed by atoms with Gasteiger partial charge in [-0.05, 0) is 26.0 Å². The number of hydrogen-bond donors (Lipinski definition) is 2. The Balaban J connectivity index is 1.98. The minimum Gasteiger partial charge on any atom is -0.355 e. The largest absolute Gasteiger partial charge is 0.355 e. The van der Waals surface area contributed by atoms with Gasteiger partial charge in [0.05, 0.1) is 5.39 Å². The van der Waals surface area contributed by atoms with E-state index in [9.17, 15) is 4.79 Å². The summed E-state index contributed by atoms with van der Waals surface area (Å²) in [5.74, 6) is 0.893. The smallest absolute Gasteiger partial charge is 0.272 e.